The maximum atomic E-state index is 2.51. The average molecular weight is 631 g/mol. The number of fused-ring (bicyclic) bond motifs is 2. The molecule has 0 aliphatic carbocycles. The number of thiazole rings is 2. The summed E-state index contributed by atoms with van der Waals surface area (Å²) < 4.78 is 7.70. The molecule has 0 N–H and O–H groups in total. The highest BCUT2D eigenvalue weighted by Crippen LogP contribution is 2.25. The Morgan fingerprint density at radius 3 is 1.29 bits per heavy atom. The monoisotopic (exact) mass is 630 g/mol. The Hall–Kier alpha value is -4.26. The fourth-order valence-corrected chi connectivity index (χ4v) is 7.82. The van der Waals surface area contributed by atoms with Gasteiger partial charge in [0.25, 0.3) is 10.0 Å². The van der Waals surface area contributed by atoms with Gasteiger partial charge in [0.05, 0.1) is 0 Å². The van der Waals surface area contributed by atoms with Crippen LogP contribution in [0.4, 0.5) is 11.4 Å². The van der Waals surface area contributed by atoms with E-state index in [1.54, 1.807) is 0 Å². The molecule has 4 aromatic carbocycles. The van der Waals surface area contributed by atoms with Crippen molar-refractivity contribution in [1.29, 1.82) is 0 Å². The van der Waals surface area contributed by atoms with Crippen LogP contribution in [0.3, 0.4) is 0 Å². The highest BCUT2D eigenvalue weighted by atomic mass is 32.1. The first-order valence-electron chi connectivity index (χ1n) is 15.7. The predicted molar refractivity (Wildman–Crippen MR) is 197 cm³/mol. The van der Waals surface area contributed by atoms with Gasteiger partial charge in [-0.2, -0.15) is 9.13 Å². The Balaban J connectivity index is 1.13. The molecular weight excluding hydrogens is 589 g/mol. The van der Waals surface area contributed by atoms with Crippen LogP contribution < -0.4 is 18.9 Å². The number of unbranched alkanes of at least 4 members (excludes halogenated alkanes) is 2. The smallest absolute Gasteiger partial charge is 0.262 e. The van der Waals surface area contributed by atoms with Crippen molar-refractivity contribution >= 4 is 78.8 Å². The lowest BCUT2D eigenvalue weighted by Gasteiger charge is -2.11. The van der Waals surface area contributed by atoms with Gasteiger partial charge in [0.15, 0.2) is 13.1 Å². The van der Waals surface area contributed by atoms with Crippen LogP contribution in [0.15, 0.2) is 97.1 Å². The van der Waals surface area contributed by atoms with Crippen LogP contribution in [-0.2, 0) is 13.1 Å². The van der Waals surface area contributed by atoms with E-state index in [0.717, 1.165) is 25.9 Å². The van der Waals surface area contributed by atoms with Gasteiger partial charge in [-0.1, -0.05) is 71.2 Å². The molecule has 228 valence electrons. The Bertz CT molecular complexity index is 1790. The molecular formula is C39H42N4S2+2. The third-order valence-corrected chi connectivity index (χ3v) is 10.5. The Morgan fingerprint density at radius 2 is 0.889 bits per heavy atom. The van der Waals surface area contributed by atoms with Crippen molar-refractivity contribution in [2.24, 2.45) is 0 Å². The van der Waals surface area contributed by atoms with Crippen LogP contribution in [0.2, 0.25) is 0 Å². The van der Waals surface area contributed by atoms with Crippen molar-refractivity contribution in [3.8, 4) is 0 Å². The Labute approximate surface area is 275 Å². The van der Waals surface area contributed by atoms with Crippen LogP contribution in [-0.4, -0.2) is 28.2 Å². The fraction of sp³-hybridized carbons (Fsp3) is 0.231. The highest BCUT2D eigenvalue weighted by Gasteiger charge is 2.20. The van der Waals surface area contributed by atoms with Gasteiger partial charge in [0.1, 0.15) is 9.40 Å². The molecule has 0 aliphatic heterocycles. The van der Waals surface area contributed by atoms with Gasteiger partial charge in [-0.3, -0.25) is 0 Å². The molecule has 2 heterocycles. The second-order valence-corrected chi connectivity index (χ2v) is 13.9. The third kappa shape index (κ3) is 7.35. The van der Waals surface area contributed by atoms with E-state index in [2.05, 4.69) is 168 Å². The number of hydrogen-bond donors (Lipinski definition) is 0. The first-order chi connectivity index (χ1) is 22.0. The molecule has 0 radical (unpaired) electrons. The molecule has 0 saturated heterocycles. The average Bonchev–Trinajstić information content (AvgIpc) is 3.60. The fourth-order valence-electron chi connectivity index (χ4n) is 5.63. The molecule has 0 fully saturated rings. The lowest BCUT2D eigenvalue weighted by molar-refractivity contribution is -0.673. The molecule has 45 heavy (non-hydrogen) atoms. The van der Waals surface area contributed by atoms with E-state index in [1.165, 1.54) is 59.4 Å². The normalized spacial score (nSPS) is 11.8. The lowest BCUT2D eigenvalue weighted by atomic mass is 10.2. The molecule has 0 aliphatic rings. The second-order valence-electron chi connectivity index (χ2n) is 11.8. The van der Waals surface area contributed by atoms with Crippen LogP contribution in [0.25, 0.3) is 44.7 Å². The van der Waals surface area contributed by atoms with Crippen LogP contribution >= 0.6 is 22.7 Å². The maximum absolute atomic E-state index is 2.51. The summed E-state index contributed by atoms with van der Waals surface area (Å²) in [7, 11) is 8.31. The zero-order valence-electron chi connectivity index (χ0n) is 26.7. The standard InChI is InChI=1S/C39H42N4S2/c1-40(2)32-22-16-30(17-23-32)20-26-38-42(34-12-6-8-14-36(34)44-38)28-10-5-11-29-43-35-13-7-9-15-37(35)45-39(43)27-21-31-18-24-33(25-19-31)41(3)4/h6-9,12-27H,5,10-11,28-29H2,1-4H3/q+2. The molecule has 6 heteroatoms. The SMILES string of the molecule is CN(C)c1ccc(C=Cc2sc3ccccc3[n+]2CCCCC[n+]2c(C=Cc3ccc(N(C)C)cc3)sc3ccccc32)cc1. The molecule has 6 aromatic rings. The first-order valence-corrected chi connectivity index (χ1v) is 17.3. The summed E-state index contributed by atoms with van der Waals surface area (Å²) in [6.07, 6.45) is 12.5. The molecule has 6 rings (SSSR count). The number of aryl methyl sites for hydroxylation is 2. The van der Waals surface area contributed by atoms with E-state index in [0.29, 0.717) is 0 Å². The summed E-state index contributed by atoms with van der Waals surface area (Å²) in [5, 5.41) is 2.61. The predicted octanol–water partition coefficient (Wildman–Crippen LogP) is 9.03. The van der Waals surface area contributed by atoms with Gasteiger partial charge < -0.3 is 9.80 Å². The minimum Gasteiger partial charge on any atom is -0.378 e. The van der Waals surface area contributed by atoms with Crippen LogP contribution in [0, 0.1) is 0 Å². The quantitative estimate of drug-likeness (QED) is 0.0990. The summed E-state index contributed by atoms with van der Waals surface area (Å²) in [5.74, 6) is 0. The van der Waals surface area contributed by atoms with Crippen molar-refractivity contribution in [2.75, 3.05) is 38.0 Å². The third-order valence-electron chi connectivity index (χ3n) is 8.19. The summed E-state index contributed by atoms with van der Waals surface area (Å²) >= 11 is 3.75. The molecule has 0 spiro atoms. The van der Waals surface area contributed by atoms with Gasteiger partial charge in [-0.05, 0) is 66.1 Å². The molecule has 2 aromatic heterocycles. The second kappa shape index (κ2) is 14.2. The Morgan fingerprint density at radius 1 is 0.489 bits per heavy atom. The summed E-state index contributed by atoms with van der Waals surface area (Å²) in [5.41, 5.74) is 7.54. The summed E-state index contributed by atoms with van der Waals surface area (Å²) in [6.45, 7) is 2.04. The zero-order valence-corrected chi connectivity index (χ0v) is 28.3. The van der Waals surface area contributed by atoms with Gasteiger partial charge >= 0.3 is 0 Å². The van der Waals surface area contributed by atoms with E-state index in [-0.39, 0.29) is 0 Å². The number of nitrogens with zero attached hydrogens (tertiary/aromatic N) is 4. The zero-order chi connectivity index (χ0) is 31.2. The summed E-state index contributed by atoms with van der Waals surface area (Å²) in [6, 6.07) is 35.1. The largest absolute Gasteiger partial charge is 0.378 e. The van der Waals surface area contributed by atoms with Crippen molar-refractivity contribution in [3.63, 3.8) is 0 Å². The van der Waals surface area contributed by atoms with E-state index in [4.69, 9.17) is 0 Å². The number of benzene rings is 4. The van der Waals surface area contributed by atoms with E-state index >= 15 is 0 Å². The maximum Gasteiger partial charge on any atom is 0.262 e. The first kappa shape index (κ1) is 30.8. The van der Waals surface area contributed by atoms with Gasteiger partial charge in [0.2, 0.25) is 11.0 Å². The number of anilines is 2. The van der Waals surface area contributed by atoms with Crippen molar-refractivity contribution in [3.05, 3.63) is 118 Å². The van der Waals surface area contributed by atoms with Crippen molar-refractivity contribution in [1.82, 2.24) is 0 Å². The minimum atomic E-state index is 1.02. The van der Waals surface area contributed by atoms with Gasteiger partial charge in [-0.15, -0.1) is 0 Å². The molecule has 0 bridgehead atoms. The number of hydrogen-bond acceptors (Lipinski definition) is 4. The molecule has 0 unspecified atom stereocenters. The van der Waals surface area contributed by atoms with Crippen LogP contribution in [0.1, 0.15) is 40.4 Å². The minimum absolute atomic E-state index is 1.02. The number of para-hydroxylation sites is 2. The van der Waals surface area contributed by atoms with Gasteiger partial charge in [0, 0.05) is 76.7 Å². The van der Waals surface area contributed by atoms with Crippen molar-refractivity contribution < 1.29 is 9.13 Å². The van der Waals surface area contributed by atoms with Gasteiger partial charge in [-0.25, -0.2) is 0 Å². The molecule has 0 amide bonds. The van der Waals surface area contributed by atoms with Crippen LogP contribution in [0.5, 0.6) is 0 Å². The lowest BCUT2D eigenvalue weighted by Crippen LogP contribution is -2.36. The Kier molecular flexibility index (Phi) is 9.72. The van der Waals surface area contributed by atoms with E-state index in [1.807, 2.05) is 22.7 Å². The van der Waals surface area contributed by atoms with E-state index < -0.39 is 0 Å². The number of aromatic nitrogens is 2. The summed E-state index contributed by atoms with van der Waals surface area (Å²) in [4.78, 5) is 4.27. The molecule has 0 atom stereocenters. The number of rotatable bonds is 12. The molecule has 4 nitrogen and oxygen atoms in total. The highest BCUT2D eigenvalue weighted by molar-refractivity contribution is 7.19. The topological polar surface area (TPSA) is 14.2 Å². The molecule has 0 saturated carbocycles. The van der Waals surface area contributed by atoms with Crippen molar-refractivity contribution in [2.45, 2.75) is 32.4 Å². The van der Waals surface area contributed by atoms with E-state index in [9.17, 15) is 0 Å².